The van der Waals surface area contributed by atoms with Gasteiger partial charge >= 0.3 is 10.3 Å². The lowest BCUT2D eigenvalue weighted by molar-refractivity contribution is -0.0727. The zero-order valence-electron chi connectivity index (χ0n) is 12.5. The predicted molar refractivity (Wildman–Crippen MR) is 96.1 cm³/mol. The molecule has 0 aromatic heterocycles. The number of ether oxygens (including phenoxy) is 2. The molecule has 1 fully saturated rings. The second kappa shape index (κ2) is 7.46. The van der Waals surface area contributed by atoms with Crippen LogP contribution < -0.4 is 5.14 Å². The summed E-state index contributed by atoms with van der Waals surface area (Å²) >= 11 is 2.21. The predicted octanol–water partition coefficient (Wildman–Crippen LogP) is 2.67. The van der Waals surface area contributed by atoms with Gasteiger partial charge in [0.2, 0.25) is 0 Å². The molecule has 6 nitrogen and oxygen atoms in total. The van der Waals surface area contributed by atoms with Gasteiger partial charge in [-0.05, 0) is 34.2 Å². The molecule has 24 heavy (non-hydrogen) atoms. The fourth-order valence-corrected chi connectivity index (χ4v) is 3.54. The Kier molecular flexibility index (Phi) is 5.52. The van der Waals surface area contributed by atoms with Gasteiger partial charge in [-0.1, -0.05) is 48.5 Å². The van der Waals surface area contributed by atoms with Crippen molar-refractivity contribution in [3.63, 3.8) is 0 Å². The molecule has 0 aliphatic carbocycles. The van der Waals surface area contributed by atoms with E-state index in [1.54, 1.807) is 0 Å². The largest absolute Gasteiger partial charge is 0.340 e. The van der Waals surface area contributed by atoms with Gasteiger partial charge in [-0.25, -0.2) is 5.14 Å². The van der Waals surface area contributed by atoms with Crippen LogP contribution in [-0.2, 0) is 24.0 Å². The molecule has 0 saturated carbocycles. The van der Waals surface area contributed by atoms with Crippen LogP contribution in [0.3, 0.4) is 0 Å². The van der Waals surface area contributed by atoms with Crippen LogP contribution in [0.15, 0.2) is 54.6 Å². The molecule has 0 amide bonds. The maximum absolute atomic E-state index is 11.1. The Morgan fingerprint density at radius 1 is 1.04 bits per heavy atom. The normalized spacial score (nSPS) is 24.2. The summed E-state index contributed by atoms with van der Waals surface area (Å²) in [6, 6.07) is 17.1. The van der Waals surface area contributed by atoms with E-state index in [1.807, 2.05) is 54.6 Å². The Hall–Kier alpha value is -1.04. The van der Waals surface area contributed by atoms with Crippen molar-refractivity contribution in [2.24, 2.45) is 5.14 Å². The molecule has 2 N–H and O–H groups in total. The van der Waals surface area contributed by atoms with E-state index in [0.717, 1.165) is 14.7 Å². The highest BCUT2D eigenvalue weighted by molar-refractivity contribution is 14.1. The third-order valence-electron chi connectivity index (χ3n) is 3.59. The molecule has 2 aromatic rings. The second-order valence-corrected chi connectivity index (χ2v) is 7.66. The van der Waals surface area contributed by atoms with Crippen molar-refractivity contribution in [3.05, 3.63) is 69.3 Å². The Morgan fingerprint density at radius 2 is 1.71 bits per heavy atom. The number of nitrogens with two attached hydrogens (primary N) is 1. The first-order valence-electron chi connectivity index (χ1n) is 7.21. The van der Waals surface area contributed by atoms with Crippen molar-refractivity contribution in [1.82, 2.24) is 0 Å². The highest BCUT2D eigenvalue weighted by Crippen LogP contribution is 2.41. The standard InChI is InChI=1S/C16H16INO5S/c17-13-9-5-4-8-12(13)15-14(10-21-24(18,19)20)22-16(23-15)11-6-2-1-3-7-11/h1-9,14-16H,10H2,(H2,18,19,20)/t14-,15-,16+/m1/s1. The van der Waals surface area contributed by atoms with Crippen LogP contribution in [0.5, 0.6) is 0 Å². The topological polar surface area (TPSA) is 87.9 Å². The summed E-state index contributed by atoms with van der Waals surface area (Å²) in [5, 5.41) is 4.93. The third-order valence-corrected chi connectivity index (χ3v) is 5.03. The van der Waals surface area contributed by atoms with E-state index in [2.05, 4.69) is 22.6 Å². The molecular formula is C16H16INO5S. The number of halogens is 1. The van der Waals surface area contributed by atoms with Crippen molar-refractivity contribution in [1.29, 1.82) is 0 Å². The van der Waals surface area contributed by atoms with Gasteiger partial charge in [0.15, 0.2) is 6.29 Å². The van der Waals surface area contributed by atoms with Crippen LogP contribution in [0.4, 0.5) is 0 Å². The molecular weight excluding hydrogens is 445 g/mol. The molecule has 1 aliphatic heterocycles. The molecule has 1 heterocycles. The molecule has 8 heteroatoms. The molecule has 3 atom stereocenters. The van der Waals surface area contributed by atoms with E-state index >= 15 is 0 Å². The average molecular weight is 461 g/mol. The highest BCUT2D eigenvalue weighted by Gasteiger charge is 2.39. The first-order valence-corrected chi connectivity index (χ1v) is 9.76. The summed E-state index contributed by atoms with van der Waals surface area (Å²) < 4.78 is 39.9. The summed E-state index contributed by atoms with van der Waals surface area (Å²) in [5.41, 5.74) is 1.77. The second-order valence-electron chi connectivity index (χ2n) is 5.27. The monoisotopic (exact) mass is 461 g/mol. The minimum absolute atomic E-state index is 0.211. The molecule has 0 spiro atoms. The molecule has 3 rings (SSSR count). The highest BCUT2D eigenvalue weighted by atomic mass is 127. The molecule has 128 valence electrons. The summed E-state index contributed by atoms with van der Waals surface area (Å²) in [6.45, 7) is -0.211. The molecule has 0 bridgehead atoms. The molecule has 1 aliphatic rings. The maximum atomic E-state index is 11.1. The number of hydrogen-bond donors (Lipinski definition) is 1. The molecule has 0 radical (unpaired) electrons. The number of rotatable bonds is 5. The fourth-order valence-electron chi connectivity index (χ4n) is 2.52. The van der Waals surface area contributed by atoms with Crippen molar-refractivity contribution in [2.75, 3.05) is 6.61 Å². The first-order chi connectivity index (χ1) is 11.4. The van der Waals surface area contributed by atoms with Crippen LogP contribution in [0.25, 0.3) is 0 Å². The van der Waals surface area contributed by atoms with Crippen LogP contribution in [0.2, 0.25) is 0 Å². The third kappa shape index (κ3) is 4.32. The lowest BCUT2D eigenvalue weighted by atomic mass is 10.1. The van der Waals surface area contributed by atoms with Gasteiger partial charge in [-0.3, -0.25) is 4.18 Å². The quantitative estimate of drug-likeness (QED) is 0.692. The fraction of sp³-hybridized carbons (Fsp3) is 0.250. The zero-order chi connectivity index (χ0) is 17.2. The van der Waals surface area contributed by atoms with Crippen LogP contribution in [-0.4, -0.2) is 21.1 Å². The summed E-state index contributed by atoms with van der Waals surface area (Å²) in [5.74, 6) is 0. The minimum Gasteiger partial charge on any atom is -0.340 e. The summed E-state index contributed by atoms with van der Waals surface area (Å²) in [7, 11) is -4.05. The molecule has 1 saturated heterocycles. The van der Waals surface area contributed by atoms with Crippen LogP contribution >= 0.6 is 22.6 Å². The Bertz CT molecular complexity index is 799. The zero-order valence-corrected chi connectivity index (χ0v) is 15.5. The van der Waals surface area contributed by atoms with Gasteiger partial charge in [0.25, 0.3) is 0 Å². The number of benzene rings is 2. The van der Waals surface area contributed by atoms with Gasteiger partial charge in [-0.15, -0.1) is 0 Å². The van der Waals surface area contributed by atoms with Crippen molar-refractivity contribution in [3.8, 4) is 0 Å². The Balaban J connectivity index is 1.86. The minimum atomic E-state index is -4.05. The van der Waals surface area contributed by atoms with E-state index in [-0.39, 0.29) is 6.61 Å². The van der Waals surface area contributed by atoms with E-state index in [1.165, 1.54) is 0 Å². The van der Waals surface area contributed by atoms with E-state index in [4.69, 9.17) is 18.8 Å². The summed E-state index contributed by atoms with van der Waals surface area (Å²) in [4.78, 5) is 0. The molecule has 2 aromatic carbocycles. The smallest absolute Gasteiger partial charge is 0.333 e. The van der Waals surface area contributed by atoms with Crippen molar-refractivity contribution < 1.29 is 22.1 Å². The van der Waals surface area contributed by atoms with Gasteiger partial charge in [0, 0.05) is 9.13 Å². The SMILES string of the molecule is NS(=O)(=O)OC[C@H]1O[C@H](c2ccccc2)O[C@@H]1c1ccccc1I. The maximum Gasteiger partial charge on any atom is 0.333 e. The first kappa shape index (κ1) is 17.8. The number of hydrogen-bond acceptors (Lipinski definition) is 5. The van der Waals surface area contributed by atoms with Gasteiger partial charge in [0.05, 0.1) is 6.61 Å². The van der Waals surface area contributed by atoms with Gasteiger partial charge in [0.1, 0.15) is 12.2 Å². The van der Waals surface area contributed by atoms with Crippen molar-refractivity contribution >= 4 is 32.9 Å². The van der Waals surface area contributed by atoms with Gasteiger partial charge in [-0.2, -0.15) is 8.42 Å². The van der Waals surface area contributed by atoms with E-state index in [0.29, 0.717) is 0 Å². The van der Waals surface area contributed by atoms with Crippen LogP contribution in [0, 0.1) is 3.57 Å². The van der Waals surface area contributed by atoms with E-state index < -0.39 is 28.8 Å². The Morgan fingerprint density at radius 3 is 2.38 bits per heavy atom. The Labute approximate surface area is 154 Å². The lowest BCUT2D eigenvalue weighted by Gasteiger charge is -2.17. The van der Waals surface area contributed by atoms with Gasteiger partial charge < -0.3 is 9.47 Å². The van der Waals surface area contributed by atoms with Crippen molar-refractivity contribution in [2.45, 2.75) is 18.5 Å². The van der Waals surface area contributed by atoms with E-state index in [9.17, 15) is 8.42 Å². The molecule has 0 unspecified atom stereocenters. The summed E-state index contributed by atoms with van der Waals surface area (Å²) in [6.07, 6.45) is -1.64. The average Bonchev–Trinajstić information content (AvgIpc) is 2.98. The lowest BCUT2D eigenvalue weighted by Crippen LogP contribution is -2.27. The van der Waals surface area contributed by atoms with Crippen LogP contribution in [0.1, 0.15) is 23.5 Å².